The van der Waals surface area contributed by atoms with E-state index >= 15 is 0 Å². The lowest BCUT2D eigenvalue weighted by molar-refractivity contribution is -0.132. The molecule has 23 heavy (non-hydrogen) atoms. The number of carbonyl (C=O) groups is 2. The van der Waals surface area contributed by atoms with Gasteiger partial charge in [0.05, 0.1) is 6.54 Å². The van der Waals surface area contributed by atoms with Crippen LogP contribution in [0.4, 0.5) is 0 Å². The standard InChI is InChI=1S/C16H18N4O3/c17-16(23)12-9-19-7-8-20(10-14(19)18-12)15(22)6-5-11-3-1-2-4-13(11)21/h1-4,9,21H,5-8,10H2,(H2,17,23). The molecule has 3 rings (SSSR count). The molecule has 1 aromatic heterocycles. The number of imidazole rings is 1. The molecule has 2 heterocycles. The van der Waals surface area contributed by atoms with Crippen molar-refractivity contribution in [1.29, 1.82) is 0 Å². The van der Waals surface area contributed by atoms with E-state index in [1.165, 1.54) is 0 Å². The van der Waals surface area contributed by atoms with Gasteiger partial charge < -0.3 is 20.3 Å². The molecular formula is C16H18N4O3. The number of aromatic nitrogens is 2. The van der Waals surface area contributed by atoms with Gasteiger partial charge in [-0.2, -0.15) is 0 Å². The molecule has 0 unspecified atom stereocenters. The average Bonchev–Trinajstić information content (AvgIpc) is 2.97. The number of para-hydroxylation sites is 1. The summed E-state index contributed by atoms with van der Waals surface area (Å²) in [5.41, 5.74) is 6.21. The average molecular weight is 314 g/mol. The zero-order valence-corrected chi connectivity index (χ0v) is 12.6. The van der Waals surface area contributed by atoms with Gasteiger partial charge in [-0.15, -0.1) is 0 Å². The molecule has 2 amide bonds. The summed E-state index contributed by atoms with van der Waals surface area (Å²) < 4.78 is 1.85. The van der Waals surface area contributed by atoms with Crippen molar-refractivity contribution in [3.8, 4) is 5.75 Å². The molecule has 0 radical (unpaired) electrons. The van der Waals surface area contributed by atoms with Crippen LogP contribution < -0.4 is 5.73 Å². The number of nitrogens with zero attached hydrogens (tertiary/aromatic N) is 3. The fourth-order valence-electron chi connectivity index (χ4n) is 2.71. The molecule has 0 fully saturated rings. The molecule has 1 aromatic carbocycles. The number of phenolic OH excluding ortho intramolecular Hbond substituents is 1. The molecule has 7 nitrogen and oxygen atoms in total. The van der Waals surface area contributed by atoms with Crippen molar-refractivity contribution >= 4 is 11.8 Å². The molecule has 120 valence electrons. The number of amides is 2. The number of phenols is 1. The Labute approximate surface area is 133 Å². The van der Waals surface area contributed by atoms with Gasteiger partial charge in [-0.3, -0.25) is 9.59 Å². The number of aryl methyl sites for hydroxylation is 1. The fraction of sp³-hybridized carbons (Fsp3) is 0.312. The maximum Gasteiger partial charge on any atom is 0.268 e. The van der Waals surface area contributed by atoms with E-state index in [9.17, 15) is 14.7 Å². The summed E-state index contributed by atoms with van der Waals surface area (Å²) in [6.07, 6.45) is 2.44. The van der Waals surface area contributed by atoms with E-state index in [2.05, 4.69) is 4.98 Å². The van der Waals surface area contributed by atoms with E-state index in [0.717, 1.165) is 5.56 Å². The summed E-state index contributed by atoms with van der Waals surface area (Å²) in [7, 11) is 0. The first-order valence-electron chi connectivity index (χ1n) is 7.45. The fourth-order valence-corrected chi connectivity index (χ4v) is 2.71. The Hall–Kier alpha value is -2.83. The van der Waals surface area contributed by atoms with Crippen molar-refractivity contribution in [2.45, 2.75) is 25.9 Å². The predicted molar refractivity (Wildman–Crippen MR) is 82.6 cm³/mol. The highest BCUT2D eigenvalue weighted by Crippen LogP contribution is 2.19. The number of hydrogen-bond acceptors (Lipinski definition) is 4. The first kappa shape index (κ1) is 15.1. The molecule has 1 aliphatic heterocycles. The minimum Gasteiger partial charge on any atom is -0.508 e. The number of fused-ring (bicyclic) bond motifs is 1. The molecule has 0 saturated heterocycles. The van der Waals surface area contributed by atoms with Gasteiger partial charge in [0.2, 0.25) is 5.91 Å². The molecule has 0 atom stereocenters. The Morgan fingerprint density at radius 1 is 1.26 bits per heavy atom. The zero-order chi connectivity index (χ0) is 16.4. The van der Waals surface area contributed by atoms with Crippen LogP contribution in [-0.4, -0.2) is 37.9 Å². The Morgan fingerprint density at radius 3 is 2.78 bits per heavy atom. The topological polar surface area (TPSA) is 101 Å². The van der Waals surface area contributed by atoms with Gasteiger partial charge in [-0.1, -0.05) is 18.2 Å². The van der Waals surface area contributed by atoms with Gasteiger partial charge in [0.25, 0.3) is 5.91 Å². The van der Waals surface area contributed by atoms with Crippen LogP contribution in [0.2, 0.25) is 0 Å². The summed E-state index contributed by atoms with van der Waals surface area (Å²) in [6.45, 7) is 1.53. The summed E-state index contributed by atoms with van der Waals surface area (Å²) in [6, 6.07) is 7.01. The van der Waals surface area contributed by atoms with E-state index in [1.807, 2.05) is 16.7 Å². The van der Waals surface area contributed by atoms with Crippen LogP contribution in [0, 0.1) is 0 Å². The Morgan fingerprint density at radius 2 is 2.04 bits per heavy atom. The van der Waals surface area contributed by atoms with E-state index in [4.69, 9.17) is 5.73 Å². The van der Waals surface area contributed by atoms with Crippen molar-refractivity contribution in [2.24, 2.45) is 5.73 Å². The number of primary amides is 1. The van der Waals surface area contributed by atoms with E-state index < -0.39 is 5.91 Å². The second-order valence-electron chi connectivity index (χ2n) is 5.54. The first-order chi connectivity index (χ1) is 11.0. The third kappa shape index (κ3) is 3.18. The SMILES string of the molecule is NC(=O)c1cn2c(n1)CN(C(=O)CCc1ccccc1O)CC2. The second-order valence-corrected chi connectivity index (χ2v) is 5.54. The maximum absolute atomic E-state index is 12.3. The zero-order valence-electron chi connectivity index (χ0n) is 12.6. The predicted octanol–water partition coefficient (Wildman–Crippen LogP) is 0.663. The normalized spacial score (nSPS) is 13.7. The van der Waals surface area contributed by atoms with Crippen LogP contribution in [0.15, 0.2) is 30.5 Å². The molecule has 0 bridgehead atoms. The van der Waals surface area contributed by atoms with Gasteiger partial charge in [-0.05, 0) is 18.1 Å². The molecule has 0 saturated carbocycles. The largest absolute Gasteiger partial charge is 0.508 e. The molecule has 0 spiro atoms. The second kappa shape index (κ2) is 6.12. The molecule has 7 heteroatoms. The van der Waals surface area contributed by atoms with Crippen molar-refractivity contribution < 1.29 is 14.7 Å². The number of aromatic hydroxyl groups is 1. The summed E-state index contributed by atoms with van der Waals surface area (Å²) in [5, 5.41) is 9.74. The van der Waals surface area contributed by atoms with Gasteiger partial charge in [0, 0.05) is 25.7 Å². The summed E-state index contributed by atoms with van der Waals surface area (Å²) in [5.74, 6) is 0.314. The van der Waals surface area contributed by atoms with Crippen molar-refractivity contribution in [1.82, 2.24) is 14.5 Å². The Kier molecular flexibility index (Phi) is 4.01. The third-order valence-corrected chi connectivity index (χ3v) is 4.01. The van der Waals surface area contributed by atoms with E-state index in [1.54, 1.807) is 23.2 Å². The minimum absolute atomic E-state index is 0.00290. The van der Waals surface area contributed by atoms with Gasteiger partial charge >= 0.3 is 0 Å². The van der Waals surface area contributed by atoms with Gasteiger partial charge in [0.15, 0.2) is 0 Å². The molecule has 1 aliphatic rings. The molecule has 0 aliphatic carbocycles. The van der Waals surface area contributed by atoms with Crippen molar-refractivity contribution in [3.63, 3.8) is 0 Å². The molecule has 2 aromatic rings. The van der Waals surface area contributed by atoms with Crippen LogP contribution in [0.5, 0.6) is 5.75 Å². The van der Waals surface area contributed by atoms with Crippen LogP contribution in [0.25, 0.3) is 0 Å². The van der Waals surface area contributed by atoms with Gasteiger partial charge in [0.1, 0.15) is 17.3 Å². The monoisotopic (exact) mass is 314 g/mol. The van der Waals surface area contributed by atoms with Crippen LogP contribution >= 0.6 is 0 Å². The first-order valence-corrected chi connectivity index (χ1v) is 7.45. The van der Waals surface area contributed by atoms with Crippen molar-refractivity contribution in [2.75, 3.05) is 6.54 Å². The molecular weight excluding hydrogens is 296 g/mol. The smallest absolute Gasteiger partial charge is 0.268 e. The molecule has 3 N–H and O–H groups in total. The Balaban J connectivity index is 1.63. The van der Waals surface area contributed by atoms with Crippen LogP contribution in [-0.2, 0) is 24.3 Å². The third-order valence-electron chi connectivity index (χ3n) is 4.01. The highest BCUT2D eigenvalue weighted by Gasteiger charge is 2.23. The number of hydrogen-bond donors (Lipinski definition) is 2. The van der Waals surface area contributed by atoms with Crippen LogP contribution in [0.1, 0.15) is 28.3 Å². The maximum atomic E-state index is 12.3. The highest BCUT2D eigenvalue weighted by molar-refractivity contribution is 5.90. The lowest BCUT2D eigenvalue weighted by Crippen LogP contribution is -2.38. The van der Waals surface area contributed by atoms with Gasteiger partial charge in [-0.25, -0.2) is 4.98 Å². The quantitative estimate of drug-likeness (QED) is 0.865. The van der Waals surface area contributed by atoms with E-state index in [-0.39, 0.29) is 17.4 Å². The Bertz CT molecular complexity index is 754. The number of rotatable bonds is 4. The number of carbonyl (C=O) groups excluding carboxylic acids is 2. The highest BCUT2D eigenvalue weighted by atomic mass is 16.3. The number of benzene rings is 1. The summed E-state index contributed by atoms with van der Waals surface area (Å²) >= 11 is 0. The van der Waals surface area contributed by atoms with Crippen LogP contribution in [0.3, 0.4) is 0 Å². The number of nitrogens with two attached hydrogens (primary N) is 1. The van der Waals surface area contributed by atoms with Crippen molar-refractivity contribution in [3.05, 3.63) is 47.5 Å². The lowest BCUT2D eigenvalue weighted by Gasteiger charge is -2.27. The minimum atomic E-state index is -0.565. The summed E-state index contributed by atoms with van der Waals surface area (Å²) in [4.78, 5) is 29.4. The van der Waals surface area contributed by atoms with E-state index in [0.29, 0.717) is 38.3 Å². The lowest BCUT2D eigenvalue weighted by atomic mass is 10.1.